The number of hydrogen-bond acceptors (Lipinski definition) is 4. The predicted molar refractivity (Wildman–Crippen MR) is 70.3 cm³/mol. The number of nitrogens with two attached hydrogens (primary N) is 1. The molecule has 0 aromatic carbocycles. The fraction of sp³-hybridized carbons (Fsp3) is 0.846. The summed E-state index contributed by atoms with van der Waals surface area (Å²) in [4.78, 5) is 26.1. The summed E-state index contributed by atoms with van der Waals surface area (Å²) in [5, 5.41) is 2.82. The SMILES string of the molecule is CC(C)C1C(=O)NCCN1C(=O)[C@@H]1CC[C@H](CN)O1. The molecule has 6 nitrogen and oxygen atoms in total. The summed E-state index contributed by atoms with van der Waals surface area (Å²) in [5.74, 6) is -0.0385. The molecule has 0 spiro atoms. The molecule has 2 fully saturated rings. The van der Waals surface area contributed by atoms with Gasteiger partial charge >= 0.3 is 0 Å². The zero-order chi connectivity index (χ0) is 14.0. The Morgan fingerprint density at radius 1 is 1.53 bits per heavy atom. The minimum absolute atomic E-state index is 0.0231. The topological polar surface area (TPSA) is 84.7 Å². The summed E-state index contributed by atoms with van der Waals surface area (Å²) in [7, 11) is 0. The maximum atomic E-state index is 12.5. The van der Waals surface area contributed by atoms with Crippen LogP contribution in [0.2, 0.25) is 0 Å². The average molecular weight is 269 g/mol. The van der Waals surface area contributed by atoms with Crippen LogP contribution in [0.25, 0.3) is 0 Å². The van der Waals surface area contributed by atoms with Crippen molar-refractivity contribution in [3.8, 4) is 0 Å². The van der Waals surface area contributed by atoms with Gasteiger partial charge in [0, 0.05) is 19.6 Å². The highest BCUT2D eigenvalue weighted by molar-refractivity contribution is 5.90. The van der Waals surface area contributed by atoms with Crippen LogP contribution in [-0.4, -0.2) is 54.6 Å². The molecule has 3 N–H and O–H groups in total. The van der Waals surface area contributed by atoms with Gasteiger partial charge in [-0.05, 0) is 18.8 Å². The molecule has 2 amide bonds. The summed E-state index contributed by atoms with van der Waals surface area (Å²) in [5.41, 5.74) is 5.56. The number of piperazine rings is 1. The number of carbonyl (C=O) groups excluding carboxylic acids is 2. The number of ether oxygens (including phenoxy) is 1. The molecule has 2 aliphatic rings. The molecular weight excluding hydrogens is 246 g/mol. The van der Waals surface area contributed by atoms with Crippen molar-refractivity contribution in [1.29, 1.82) is 0 Å². The zero-order valence-electron chi connectivity index (χ0n) is 11.6. The normalized spacial score (nSPS) is 31.7. The van der Waals surface area contributed by atoms with E-state index in [1.807, 2.05) is 13.8 Å². The Morgan fingerprint density at radius 3 is 2.84 bits per heavy atom. The number of nitrogens with one attached hydrogen (secondary N) is 1. The molecular formula is C13H23N3O3. The van der Waals surface area contributed by atoms with Gasteiger partial charge in [-0.1, -0.05) is 13.8 Å². The number of amides is 2. The van der Waals surface area contributed by atoms with E-state index < -0.39 is 6.10 Å². The van der Waals surface area contributed by atoms with E-state index >= 15 is 0 Å². The van der Waals surface area contributed by atoms with Crippen LogP contribution in [0.15, 0.2) is 0 Å². The van der Waals surface area contributed by atoms with E-state index in [9.17, 15) is 9.59 Å². The van der Waals surface area contributed by atoms with Crippen LogP contribution in [0.1, 0.15) is 26.7 Å². The van der Waals surface area contributed by atoms with E-state index in [1.165, 1.54) is 0 Å². The molecule has 2 rings (SSSR count). The molecule has 2 heterocycles. The van der Waals surface area contributed by atoms with Crippen molar-refractivity contribution in [2.24, 2.45) is 11.7 Å². The van der Waals surface area contributed by atoms with Crippen molar-refractivity contribution >= 4 is 11.8 Å². The third-order valence-electron chi connectivity index (χ3n) is 3.82. The fourth-order valence-electron chi connectivity index (χ4n) is 2.84. The monoisotopic (exact) mass is 269 g/mol. The van der Waals surface area contributed by atoms with Gasteiger partial charge in [-0.3, -0.25) is 9.59 Å². The molecule has 0 aromatic heterocycles. The Bertz CT molecular complexity index is 359. The van der Waals surface area contributed by atoms with Crippen LogP contribution in [0.5, 0.6) is 0 Å². The van der Waals surface area contributed by atoms with Crippen molar-refractivity contribution in [3.05, 3.63) is 0 Å². The summed E-state index contributed by atoms with van der Waals surface area (Å²) >= 11 is 0. The Labute approximate surface area is 113 Å². The van der Waals surface area contributed by atoms with Gasteiger partial charge in [0.15, 0.2) is 0 Å². The van der Waals surface area contributed by atoms with Crippen LogP contribution in [-0.2, 0) is 14.3 Å². The quantitative estimate of drug-likeness (QED) is 0.722. The third kappa shape index (κ3) is 2.90. The Kier molecular flexibility index (Phi) is 4.42. The van der Waals surface area contributed by atoms with Crippen LogP contribution in [0.3, 0.4) is 0 Å². The fourth-order valence-corrected chi connectivity index (χ4v) is 2.84. The molecule has 2 saturated heterocycles. The van der Waals surface area contributed by atoms with Gasteiger partial charge in [0.05, 0.1) is 6.10 Å². The lowest BCUT2D eigenvalue weighted by Crippen LogP contribution is -2.61. The number of nitrogens with zero attached hydrogens (tertiary/aromatic N) is 1. The van der Waals surface area contributed by atoms with Gasteiger partial charge in [-0.25, -0.2) is 0 Å². The van der Waals surface area contributed by atoms with Gasteiger partial charge in [-0.2, -0.15) is 0 Å². The first kappa shape index (κ1) is 14.3. The van der Waals surface area contributed by atoms with E-state index in [-0.39, 0.29) is 29.9 Å². The van der Waals surface area contributed by atoms with Crippen LogP contribution in [0, 0.1) is 5.92 Å². The number of rotatable bonds is 3. The summed E-state index contributed by atoms with van der Waals surface area (Å²) in [6.07, 6.45) is 1.06. The molecule has 0 bridgehead atoms. The van der Waals surface area contributed by atoms with Gasteiger partial charge < -0.3 is 20.7 Å². The first-order valence-corrected chi connectivity index (χ1v) is 6.98. The lowest BCUT2D eigenvalue weighted by atomic mass is 9.98. The summed E-state index contributed by atoms with van der Waals surface area (Å²) in [6, 6.07) is -0.387. The van der Waals surface area contributed by atoms with Crippen LogP contribution < -0.4 is 11.1 Å². The number of hydrogen-bond donors (Lipinski definition) is 2. The second-order valence-electron chi connectivity index (χ2n) is 5.57. The van der Waals surface area contributed by atoms with E-state index in [0.717, 1.165) is 6.42 Å². The van der Waals surface area contributed by atoms with Crippen molar-refractivity contribution in [3.63, 3.8) is 0 Å². The smallest absolute Gasteiger partial charge is 0.252 e. The molecule has 19 heavy (non-hydrogen) atoms. The first-order chi connectivity index (χ1) is 9.04. The van der Waals surface area contributed by atoms with Gasteiger partial charge in [0.25, 0.3) is 5.91 Å². The first-order valence-electron chi connectivity index (χ1n) is 6.98. The van der Waals surface area contributed by atoms with Crippen molar-refractivity contribution in [1.82, 2.24) is 10.2 Å². The van der Waals surface area contributed by atoms with Crippen molar-refractivity contribution in [2.45, 2.75) is 44.9 Å². The van der Waals surface area contributed by atoms with E-state index in [4.69, 9.17) is 10.5 Å². The highest BCUT2D eigenvalue weighted by Gasteiger charge is 2.40. The molecule has 0 aliphatic carbocycles. The molecule has 0 aromatic rings. The van der Waals surface area contributed by atoms with Crippen LogP contribution in [0.4, 0.5) is 0 Å². The van der Waals surface area contributed by atoms with E-state index in [1.54, 1.807) is 4.90 Å². The molecule has 108 valence electrons. The maximum absolute atomic E-state index is 12.5. The minimum Gasteiger partial charge on any atom is -0.364 e. The van der Waals surface area contributed by atoms with Crippen molar-refractivity contribution in [2.75, 3.05) is 19.6 Å². The summed E-state index contributed by atoms with van der Waals surface area (Å²) < 4.78 is 5.64. The highest BCUT2D eigenvalue weighted by Crippen LogP contribution is 2.23. The highest BCUT2D eigenvalue weighted by atomic mass is 16.5. The summed E-state index contributed by atoms with van der Waals surface area (Å²) in [6.45, 7) is 5.42. The van der Waals surface area contributed by atoms with Crippen molar-refractivity contribution < 1.29 is 14.3 Å². The molecule has 6 heteroatoms. The lowest BCUT2D eigenvalue weighted by molar-refractivity contribution is -0.153. The predicted octanol–water partition coefficient (Wildman–Crippen LogP) is -0.524. The molecule has 0 radical (unpaired) electrons. The third-order valence-corrected chi connectivity index (χ3v) is 3.82. The molecule has 2 aliphatic heterocycles. The molecule has 0 saturated carbocycles. The average Bonchev–Trinajstić information content (AvgIpc) is 2.85. The maximum Gasteiger partial charge on any atom is 0.252 e. The van der Waals surface area contributed by atoms with Gasteiger partial charge in [0.1, 0.15) is 12.1 Å². The van der Waals surface area contributed by atoms with E-state index in [0.29, 0.717) is 26.1 Å². The van der Waals surface area contributed by atoms with E-state index in [2.05, 4.69) is 5.32 Å². The molecule has 3 atom stereocenters. The standard InChI is InChI=1S/C13H23N3O3/c1-8(2)11-12(17)15-5-6-16(11)13(18)10-4-3-9(7-14)19-10/h8-11H,3-7,14H2,1-2H3,(H,15,17)/t9-,10+,11?/m1/s1. The minimum atomic E-state index is -0.430. The Hall–Kier alpha value is -1.14. The van der Waals surface area contributed by atoms with Gasteiger partial charge in [-0.15, -0.1) is 0 Å². The largest absolute Gasteiger partial charge is 0.364 e. The second-order valence-corrected chi connectivity index (χ2v) is 5.57. The Morgan fingerprint density at radius 2 is 2.26 bits per heavy atom. The number of carbonyl (C=O) groups is 2. The second kappa shape index (κ2) is 5.88. The Balaban J connectivity index is 2.06. The zero-order valence-corrected chi connectivity index (χ0v) is 11.6. The lowest BCUT2D eigenvalue weighted by Gasteiger charge is -2.38. The van der Waals surface area contributed by atoms with Gasteiger partial charge in [0.2, 0.25) is 5.91 Å². The van der Waals surface area contributed by atoms with Crippen LogP contribution >= 0.6 is 0 Å². The molecule has 1 unspecified atom stereocenters.